The first kappa shape index (κ1) is 81.8. The minimum absolute atomic E-state index is 0.0126. The largest absolute Gasteiger partial charge is 0.394 e. The highest BCUT2D eigenvalue weighted by Crippen LogP contribution is 2.39. The van der Waals surface area contributed by atoms with Gasteiger partial charge in [0.25, 0.3) is 11.8 Å². The molecule has 2 amide bonds. The fourth-order valence-corrected chi connectivity index (χ4v) is 14.1. The van der Waals surface area contributed by atoms with Crippen LogP contribution >= 0.6 is 0 Å². The summed E-state index contributed by atoms with van der Waals surface area (Å²) in [6.45, 7) is 3.77. The summed E-state index contributed by atoms with van der Waals surface area (Å²) in [5, 5.41) is 32.8. The number of aromatic nitrogens is 6. The first-order valence-corrected chi connectivity index (χ1v) is 32.8. The number of carbonyl (C=O) groups is 2. The Bertz CT molecular complexity index is 2540. The van der Waals surface area contributed by atoms with Gasteiger partial charge in [0.1, 0.15) is 128 Å². The van der Waals surface area contributed by atoms with E-state index in [1.165, 1.54) is 136 Å². The summed E-state index contributed by atoms with van der Waals surface area (Å²) in [4.78, 5) is 28.0. The molecule has 574 valence electrons. The first-order chi connectivity index (χ1) is 48.4. The van der Waals surface area contributed by atoms with Crippen molar-refractivity contribution in [1.82, 2.24) is 40.6 Å². The van der Waals surface area contributed by atoms with Crippen LogP contribution in [-0.4, -0.2) is 385 Å². The number of nitrogens with zero attached hydrogens (tertiary/aromatic N) is 6. The fourth-order valence-electron chi connectivity index (χ4n) is 14.1. The number of hydrogen-bond acceptors (Lipinski definition) is 34. The number of rotatable bonds is 37. The van der Waals surface area contributed by atoms with E-state index in [0.717, 1.165) is 0 Å². The van der Waals surface area contributed by atoms with Crippen molar-refractivity contribution in [1.29, 1.82) is 0 Å². The molecule has 38 heteroatoms. The highest BCUT2D eigenvalue weighted by atomic mass is 16.8. The van der Waals surface area contributed by atoms with Crippen LogP contribution in [-0.2, 0) is 141 Å². The van der Waals surface area contributed by atoms with Crippen LogP contribution in [0.5, 0.6) is 0 Å². The van der Waals surface area contributed by atoms with Gasteiger partial charge in [-0.3, -0.25) is 9.59 Å². The molecule has 6 saturated heterocycles. The number of carbonyl (C=O) groups excluding carboxylic acids is 2. The number of aliphatic hydroxyl groups excluding tert-OH is 1. The van der Waals surface area contributed by atoms with Gasteiger partial charge in [-0.25, -0.2) is 9.36 Å². The molecule has 100 heavy (non-hydrogen) atoms. The summed E-state index contributed by atoms with van der Waals surface area (Å²) in [5.74, 6) is -1.16. The summed E-state index contributed by atoms with van der Waals surface area (Å²) in [6, 6.07) is -1.59. The van der Waals surface area contributed by atoms with E-state index in [4.69, 9.17) is 128 Å². The Kier molecular flexibility index (Phi) is 32.3. The van der Waals surface area contributed by atoms with Crippen molar-refractivity contribution in [2.75, 3.05) is 154 Å². The number of methoxy groups -OCH3 is 17. The van der Waals surface area contributed by atoms with Gasteiger partial charge in [0.2, 0.25) is 0 Å². The van der Waals surface area contributed by atoms with E-state index < -0.39 is 196 Å². The predicted octanol–water partition coefficient (Wildman–Crippen LogP) is -2.86. The number of nitrogens with one attached hydrogen (secondary N) is 2. The Labute approximate surface area is 581 Å². The molecule has 0 spiro atoms. The second kappa shape index (κ2) is 39.5. The number of hydrogen-bond donors (Lipinski definition) is 3. The third kappa shape index (κ3) is 18.3. The fraction of sp³-hybridized carbons (Fsp3) is 0.903. The highest BCUT2D eigenvalue weighted by molar-refractivity contribution is 5.92. The maximum atomic E-state index is 14.0. The Hall–Kier alpha value is -3.90. The average Bonchev–Trinajstić information content (AvgIpc) is 0.893. The smallest absolute Gasteiger partial charge is 0.273 e. The molecule has 30 atom stereocenters. The van der Waals surface area contributed by atoms with Gasteiger partial charge in [0.15, 0.2) is 42.8 Å². The standard InChI is InChI=1S/C62H106N8O30/c1-29-38(45(79-8)51(85-14)59(91-29)97-43-36(27-76-5)95-61(54(88-17)49(43)83-12)99-41-34(25-74-3)93-33(24-71)40(78-7)47(41)81-10)63-56(72)31-22-69(67-65-31)20-21-70-23-32(66-68-70)57(73)64-39-30(2)92-60(52(86-15)46(39)80-9)98-44-37(28-77-6)96-62(55(89-18)50(44)84-13)100-42-35(26-75-4)94-58(90-19)53(87-16)48(42)82-11/h22-23,29-30,33-55,58-62,71H,20-21,24-28H2,1-19H3,(H,63,72)(H,64,73)/t29?,30?,33?,34?,35?,36?,37?,38?,39?,40-,41?,42?,43?,44?,45?,46?,47?,48+,49?,50?,51?,52?,53?,54?,55?,58?,59?,60?,61?,62?/m0/s1. The molecule has 8 heterocycles. The van der Waals surface area contributed by atoms with Crippen LogP contribution in [0.4, 0.5) is 0 Å². The minimum Gasteiger partial charge on any atom is -0.394 e. The second-order valence-electron chi connectivity index (χ2n) is 24.5. The molecule has 6 aliphatic rings. The van der Waals surface area contributed by atoms with Crippen LogP contribution in [0.25, 0.3) is 0 Å². The lowest BCUT2D eigenvalue weighted by molar-refractivity contribution is -0.381. The number of aryl methyl sites for hydroxylation is 2. The Morgan fingerprint density at radius 1 is 0.360 bits per heavy atom. The van der Waals surface area contributed by atoms with Crippen LogP contribution in [0.15, 0.2) is 12.4 Å². The summed E-state index contributed by atoms with van der Waals surface area (Å²) in [7, 11) is 25.6. The van der Waals surface area contributed by atoms with Crippen LogP contribution in [0, 0.1) is 0 Å². The molecule has 0 aliphatic carbocycles. The zero-order chi connectivity index (χ0) is 72.5. The molecule has 28 unspecified atom stereocenters. The van der Waals surface area contributed by atoms with Crippen LogP contribution in [0.1, 0.15) is 34.8 Å². The molecule has 38 nitrogen and oxygen atoms in total. The average molecular weight is 1440 g/mol. The minimum atomic E-state index is -1.12. The molecule has 0 radical (unpaired) electrons. The molecule has 2 aromatic rings. The van der Waals surface area contributed by atoms with Crippen molar-refractivity contribution in [2.45, 2.75) is 211 Å². The monoisotopic (exact) mass is 1440 g/mol. The van der Waals surface area contributed by atoms with E-state index in [1.807, 2.05) is 0 Å². The summed E-state index contributed by atoms with van der Waals surface area (Å²) < 4.78 is 168. The van der Waals surface area contributed by atoms with Crippen LogP contribution in [0.3, 0.4) is 0 Å². The third-order valence-electron chi connectivity index (χ3n) is 19.0. The van der Waals surface area contributed by atoms with E-state index in [1.54, 1.807) is 21.0 Å². The van der Waals surface area contributed by atoms with Gasteiger partial charge in [-0.2, -0.15) is 0 Å². The van der Waals surface area contributed by atoms with Crippen LogP contribution < -0.4 is 10.6 Å². The summed E-state index contributed by atoms with van der Waals surface area (Å²) >= 11 is 0. The lowest BCUT2D eigenvalue weighted by Crippen LogP contribution is -2.68. The molecular formula is C62H106N8O30. The van der Waals surface area contributed by atoms with E-state index in [2.05, 4.69) is 31.3 Å². The van der Waals surface area contributed by atoms with E-state index in [9.17, 15) is 14.7 Å². The molecule has 3 N–H and O–H groups in total. The van der Waals surface area contributed by atoms with Gasteiger partial charge in [0, 0.05) is 121 Å². The van der Waals surface area contributed by atoms with Gasteiger partial charge in [-0.1, -0.05) is 10.4 Å². The van der Waals surface area contributed by atoms with E-state index in [0.29, 0.717) is 0 Å². The van der Waals surface area contributed by atoms with Gasteiger partial charge >= 0.3 is 0 Å². The van der Waals surface area contributed by atoms with Crippen molar-refractivity contribution < 1.29 is 143 Å². The zero-order valence-corrected chi connectivity index (χ0v) is 60.4. The topological polar surface area (TPSA) is 389 Å². The Morgan fingerprint density at radius 3 is 0.940 bits per heavy atom. The molecule has 0 bridgehead atoms. The van der Waals surface area contributed by atoms with Crippen molar-refractivity contribution in [3.8, 4) is 0 Å². The SMILES string of the molecule is COCC1OC(OC2C(COC)OC(CO)[C@H](OC)C2OC)C(OC)C(OC)C1OC1OC(C)C(NC(=O)c2cn(CCn3cc(C(=O)NC4C(C)OC(OC5C(COC)OC(OC6C(COC)OC(OC)C(OC)[C@@H]6OC)C(OC)C5OC)C(OC)C4OC)nn3)nn2)C(OC)C1OC. The summed E-state index contributed by atoms with van der Waals surface area (Å²) in [6.07, 6.45) is -20.9. The quantitative estimate of drug-likeness (QED) is 0.0613. The number of amides is 2. The number of ether oxygens (including phenoxy) is 27. The van der Waals surface area contributed by atoms with Gasteiger partial charge in [-0.05, 0) is 13.8 Å². The molecule has 0 aromatic carbocycles. The molecule has 2 aromatic heterocycles. The highest BCUT2D eigenvalue weighted by Gasteiger charge is 2.59. The molecule has 6 aliphatic heterocycles. The first-order valence-electron chi connectivity index (χ1n) is 32.8. The van der Waals surface area contributed by atoms with E-state index in [-0.39, 0.29) is 57.5 Å². The maximum absolute atomic E-state index is 14.0. The predicted molar refractivity (Wildman–Crippen MR) is 337 cm³/mol. The maximum Gasteiger partial charge on any atom is 0.273 e. The van der Waals surface area contributed by atoms with Crippen molar-refractivity contribution in [2.24, 2.45) is 0 Å². The lowest BCUT2D eigenvalue weighted by atomic mass is 9.93. The normalized spacial score (nSPS) is 39.6. The Morgan fingerprint density at radius 2 is 0.640 bits per heavy atom. The summed E-state index contributed by atoms with van der Waals surface area (Å²) in [5.41, 5.74) is -0.0275. The molecule has 0 saturated carbocycles. The van der Waals surface area contributed by atoms with Crippen LogP contribution in [0.2, 0.25) is 0 Å². The Balaban J connectivity index is 0.864. The zero-order valence-electron chi connectivity index (χ0n) is 60.4. The molecule has 8 rings (SSSR count). The van der Waals surface area contributed by atoms with Gasteiger partial charge < -0.3 is 144 Å². The molecular weight excluding hydrogens is 1340 g/mol. The third-order valence-corrected chi connectivity index (χ3v) is 19.0. The molecule has 6 fully saturated rings. The van der Waals surface area contributed by atoms with E-state index >= 15 is 0 Å². The lowest BCUT2D eigenvalue weighted by Gasteiger charge is -2.51. The van der Waals surface area contributed by atoms with Crippen molar-refractivity contribution in [3.05, 3.63) is 23.8 Å². The second-order valence-corrected chi connectivity index (χ2v) is 24.5. The number of aliphatic hydroxyl groups is 1. The van der Waals surface area contributed by atoms with Crippen molar-refractivity contribution in [3.63, 3.8) is 0 Å². The van der Waals surface area contributed by atoms with Gasteiger partial charge in [0.05, 0.1) is 82.8 Å². The van der Waals surface area contributed by atoms with Crippen molar-refractivity contribution >= 4 is 11.8 Å². The van der Waals surface area contributed by atoms with Gasteiger partial charge in [-0.15, -0.1) is 10.2 Å².